The molecule has 1 aromatic heterocycles. The second kappa shape index (κ2) is 4.33. The average molecular weight is 295 g/mol. The Morgan fingerprint density at radius 3 is 2.07 bits per heavy atom. The van der Waals surface area contributed by atoms with Crippen LogP contribution in [0, 0.1) is 11.6 Å². The van der Waals surface area contributed by atoms with Crippen molar-refractivity contribution >= 4 is 56.9 Å². The molecule has 0 aromatic carbocycles. The molecule has 1 rings (SSSR count). The van der Waals surface area contributed by atoms with Gasteiger partial charge in [0.1, 0.15) is 5.15 Å². The van der Waals surface area contributed by atoms with E-state index in [9.17, 15) is 8.42 Å². The summed E-state index contributed by atoms with van der Waals surface area (Å²) in [6.45, 7) is 1.55. The quantitative estimate of drug-likeness (QED) is 0.544. The standard InChI is InChI=1S/C6H3Cl4NO2S/c1-2-3(7)5(9)11(10)6(4(2)8)14(12)13/h1H3. The first-order valence-electron chi connectivity index (χ1n) is 3.22. The Kier molecular flexibility index (Phi) is 3.77. The lowest BCUT2D eigenvalue weighted by molar-refractivity contribution is 0.624. The van der Waals surface area contributed by atoms with Crippen LogP contribution in [0.5, 0.6) is 0 Å². The summed E-state index contributed by atoms with van der Waals surface area (Å²) in [5.41, 5.74) is 0.370. The average Bonchev–Trinajstić information content (AvgIpc) is 2.11. The van der Waals surface area contributed by atoms with Crippen molar-refractivity contribution in [1.29, 1.82) is 0 Å². The third-order valence-corrected chi connectivity index (χ3v) is 4.25. The molecule has 0 radical (unpaired) electrons. The van der Waals surface area contributed by atoms with Gasteiger partial charge in [-0.25, -0.2) is 4.09 Å². The van der Waals surface area contributed by atoms with Gasteiger partial charge in [0.05, 0.1) is 10.0 Å². The summed E-state index contributed by atoms with van der Waals surface area (Å²) < 4.78 is 21.9. The number of halogens is 4. The fourth-order valence-corrected chi connectivity index (χ4v) is 2.63. The third kappa shape index (κ3) is 1.90. The van der Waals surface area contributed by atoms with Crippen LogP contribution in [0.3, 0.4) is 0 Å². The van der Waals surface area contributed by atoms with Crippen molar-refractivity contribution in [2.45, 2.75) is 6.92 Å². The highest BCUT2D eigenvalue weighted by Crippen LogP contribution is 2.32. The van der Waals surface area contributed by atoms with E-state index in [1.54, 1.807) is 6.92 Å². The monoisotopic (exact) mass is 293 g/mol. The molecule has 14 heavy (non-hydrogen) atoms. The molecule has 0 fully saturated rings. The van der Waals surface area contributed by atoms with Crippen molar-refractivity contribution in [3.8, 4) is 0 Å². The van der Waals surface area contributed by atoms with E-state index in [0.29, 0.717) is 9.65 Å². The van der Waals surface area contributed by atoms with E-state index in [2.05, 4.69) is 0 Å². The molecule has 0 bridgehead atoms. The molecule has 3 nitrogen and oxygen atoms in total. The zero-order valence-corrected chi connectivity index (χ0v) is 10.5. The van der Waals surface area contributed by atoms with Gasteiger partial charge in [0, 0.05) is 11.8 Å². The van der Waals surface area contributed by atoms with Crippen LogP contribution >= 0.6 is 46.6 Å². The lowest BCUT2D eigenvalue weighted by atomic mass is 10.3. The van der Waals surface area contributed by atoms with Gasteiger partial charge in [-0.05, 0) is 12.5 Å². The summed E-state index contributed by atoms with van der Waals surface area (Å²) >= 11 is 22.7. The zero-order valence-electron chi connectivity index (χ0n) is 6.68. The summed E-state index contributed by atoms with van der Waals surface area (Å²) in [5.74, 6) is 0. The maximum Gasteiger partial charge on any atom is 0.241 e. The summed E-state index contributed by atoms with van der Waals surface area (Å²) in [4.78, 5) is 0. The second-order valence-electron chi connectivity index (χ2n) is 2.36. The summed E-state index contributed by atoms with van der Waals surface area (Å²) in [6.07, 6.45) is 0. The fourth-order valence-electron chi connectivity index (χ4n) is 0.812. The number of nitrogens with zero attached hydrogens (tertiary/aromatic N) is 1. The van der Waals surface area contributed by atoms with Gasteiger partial charge < -0.3 is 0 Å². The molecular weight excluding hydrogens is 292 g/mol. The smallest absolute Gasteiger partial charge is 0.224 e. The molecule has 0 aliphatic carbocycles. The molecular formula is C6H3Cl4NO2S. The molecule has 0 saturated carbocycles. The van der Waals surface area contributed by atoms with Gasteiger partial charge in [-0.2, -0.15) is 8.42 Å². The first-order chi connectivity index (χ1) is 6.37. The first kappa shape index (κ1) is 12.2. The van der Waals surface area contributed by atoms with Crippen molar-refractivity contribution in [2.75, 3.05) is 0 Å². The van der Waals surface area contributed by atoms with Gasteiger partial charge >= 0.3 is 0 Å². The first-order valence-corrected chi connectivity index (χ1v) is 5.77. The number of pyridine rings is 1. The minimum atomic E-state index is -2.57. The number of aromatic nitrogens is 1. The Bertz CT molecular complexity index is 520. The topological polar surface area (TPSA) is 39.1 Å². The molecule has 1 heterocycles. The van der Waals surface area contributed by atoms with E-state index in [0.717, 1.165) is 0 Å². The van der Waals surface area contributed by atoms with Crippen LogP contribution in [0.15, 0.2) is 0 Å². The highest BCUT2D eigenvalue weighted by Gasteiger charge is 2.13. The van der Waals surface area contributed by atoms with Crippen molar-refractivity contribution in [3.63, 3.8) is 0 Å². The Balaban J connectivity index is 4.10. The molecule has 0 unspecified atom stereocenters. The maximum absolute atomic E-state index is 10.8. The Morgan fingerprint density at radius 2 is 1.64 bits per heavy atom. The lowest BCUT2D eigenvalue weighted by Gasteiger charge is -2.06. The minimum absolute atomic E-state index is 0.0391. The molecule has 8 heteroatoms. The van der Waals surface area contributed by atoms with E-state index in [1.807, 2.05) is 0 Å². The molecule has 0 N–H and O–H groups in total. The maximum atomic E-state index is 10.8. The zero-order chi connectivity index (χ0) is 11.0. The van der Waals surface area contributed by atoms with Gasteiger partial charge in [-0.15, -0.1) is 0 Å². The molecule has 0 aliphatic rings. The van der Waals surface area contributed by atoms with Crippen LogP contribution in [0.25, 0.3) is 0 Å². The van der Waals surface area contributed by atoms with Gasteiger partial charge in [0.2, 0.25) is 10.3 Å². The van der Waals surface area contributed by atoms with Crippen LogP contribution in [0.1, 0.15) is 5.56 Å². The summed E-state index contributed by atoms with van der Waals surface area (Å²) in [7, 11) is -2.57. The second-order valence-corrected chi connectivity index (χ2v) is 4.67. The highest BCUT2D eigenvalue weighted by molar-refractivity contribution is 7.63. The molecule has 0 atom stereocenters. The Morgan fingerprint density at radius 1 is 1.14 bits per heavy atom. The fraction of sp³-hybridized carbons (Fsp3) is 0.167. The molecule has 0 amide bonds. The summed E-state index contributed by atoms with van der Waals surface area (Å²) in [6, 6.07) is 0. The molecule has 0 saturated heterocycles. The SMILES string of the molecule is Cc1c(Cl)c(Cl)n(Cl)c(=S(=O)=O)c1Cl. The Hall–Kier alpha value is 0.130. The van der Waals surface area contributed by atoms with Gasteiger partial charge in [-0.1, -0.05) is 34.8 Å². The van der Waals surface area contributed by atoms with E-state index in [4.69, 9.17) is 46.6 Å². The van der Waals surface area contributed by atoms with E-state index < -0.39 is 10.3 Å². The molecule has 0 spiro atoms. The largest absolute Gasteiger partial charge is 0.241 e. The van der Waals surface area contributed by atoms with E-state index in [-0.39, 0.29) is 19.8 Å². The van der Waals surface area contributed by atoms with Crippen molar-refractivity contribution in [1.82, 2.24) is 4.09 Å². The highest BCUT2D eigenvalue weighted by atomic mass is 35.5. The predicted molar refractivity (Wildman–Crippen MR) is 57.6 cm³/mol. The van der Waals surface area contributed by atoms with Gasteiger partial charge in [0.15, 0.2) is 4.64 Å². The minimum Gasteiger partial charge on any atom is -0.224 e. The van der Waals surface area contributed by atoms with Gasteiger partial charge in [-0.3, -0.25) is 0 Å². The third-order valence-electron chi connectivity index (χ3n) is 1.54. The van der Waals surface area contributed by atoms with E-state index in [1.165, 1.54) is 0 Å². The van der Waals surface area contributed by atoms with Crippen LogP contribution < -0.4 is 0 Å². The lowest BCUT2D eigenvalue weighted by Crippen LogP contribution is -1.95. The van der Waals surface area contributed by atoms with Crippen molar-refractivity contribution in [2.24, 2.45) is 0 Å². The predicted octanol–water partition coefficient (Wildman–Crippen LogP) is 3.17. The molecule has 78 valence electrons. The number of rotatable bonds is 0. The van der Waals surface area contributed by atoms with Crippen LogP contribution in [0.2, 0.25) is 15.2 Å². The van der Waals surface area contributed by atoms with Gasteiger partial charge in [0.25, 0.3) is 0 Å². The normalized spacial score (nSPS) is 10.4. The van der Waals surface area contributed by atoms with Crippen molar-refractivity contribution < 1.29 is 8.42 Å². The molecule has 1 aromatic rings. The van der Waals surface area contributed by atoms with Crippen LogP contribution in [0.4, 0.5) is 0 Å². The number of hydrogen-bond donors (Lipinski definition) is 0. The van der Waals surface area contributed by atoms with E-state index >= 15 is 0 Å². The molecule has 0 aliphatic heterocycles. The summed E-state index contributed by atoms with van der Waals surface area (Å²) in [5, 5.41) is -0.00182. The van der Waals surface area contributed by atoms with Crippen LogP contribution in [-0.2, 0) is 10.3 Å². The van der Waals surface area contributed by atoms with Crippen molar-refractivity contribution in [3.05, 3.63) is 25.4 Å². The Labute approximate surface area is 101 Å². The number of hydrogen-bond acceptors (Lipinski definition) is 2. The van der Waals surface area contributed by atoms with Crippen LogP contribution in [-0.4, -0.2) is 12.5 Å².